The normalized spacial score (nSPS) is 12.7. The highest BCUT2D eigenvalue weighted by molar-refractivity contribution is 6.35. The number of amides is 4. The molecule has 5 rings (SSSR count). The molecule has 0 spiro atoms. The summed E-state index contributed by atoms with van der Waals surface area (Å²) < 4.78 is 78.5. The molecular formula is C46H36Cl4F6N8O6. The Morgan fingerprint density at radius 2 is 0.843 bits per heavy atom. The van der Waals surface area contributed by atoms with Gasteiger partial charge in [0.2, 0.25) is 12.1 Å². The standard InChI is InChI=1S/C46H36Cl4F6N8O6/c1-5-23-15-36(60-44(70)40(22(4)66)64-62-38-18-26(8-12-30(38)48)42(68)58-34-14-10-28(20-32(34)50)46(54,55)56)24(6-2)16-35(23)59-43(69)39(21(3)65)63-61-37-17-25(7-11-29(37)47)41(67)57-33-13-9-27(19-31(33)49)45(51,52)53/h7-20,39-40H,5-6H2,1-4H3,(H,57,67)(H,58,68)(H,59,69)(H,60,70). The monoisotopic (exact) mass is 1050 g/mol. The molecule has 0 aliphatic carbocycles. The third kappa shape index (κ3) is 13.7. The van der Waals surface area contributed by atoms with Crippen molar-refractivity contribution in [3.8, 4) is 0 Å². The van der Waals surface area contributed by atoms with Gasteiger partial charge in [0.1, 0.15) is 11.4 Å². The highest BCUT2D eigenvalue weighted by Crippen LogP contribution is 2.37. The van der Waals surface area contributed by atoms with E-state index >= 15 is 0 Å². The number of hydrogen-bond acceptors (Lipinski definition) is 10. The maximum Gasteiger partial charge on any atom is 0.416 e. The Hall–Kier alpha value is -6.74. The number of nitrogens with one attached hydrogen (secondary N) is 4. The molecule has 0 fully saturated rings. The van der Waals surface area contributed by atoms with E-state index in [0.29, 0.717) is 23.3 Å². The topological polar surface area (TPSA) is 200 Å². The molecule has 0 radical (unpaired) electrons. The summed E-state index contributed by atoms with van der Waals surface area (Å²) >= 11 is 24.5. The van der Waals surface area contributed by atoms with Gasteiger partial charge in [-0.2, -0.15) is 46.8 Å². The van der Waals surface area contributed by atoms with Crippen LogP contribution in [0.1, 0.15) is 70.7 Å². The van der Waals surface area contributed by atoms with Crippen LogP contribution in [0.15, 0.2) is 105 Å². The van der Waals surface area contributed by atoms with Crippen LogP contribution in [-0.2, 0) is 44.4 Å². The number of hydrogen-bond donors (Lipinski definition) is 4. The number of carbonyl (C=O) groups is 6. The van der Waals surface area contributed by atoms with E-state index < -0.39 is 70.8 Å². The zero-order valence-corrected chi connectivity index (χ0v) is 39.7. The van der Waals surface area contributed by atoms with E-state index in [0.717, 1.165) is 38.1 Å². The average Bonchev–Trinajstić information content (AvgIpc) is 3.28. The largest absolute Gasteiger partial charge is 0.416 e. The number of rotatable bonds is 16. The minimum atomic E-state index is -4.66. The second-order valence-electron chi connectivity index (χ2n) is 14.9. The average molecular weight is 1050 g/mol. The summed E-state index contributed by atoms with van der Waals surface area (Å²) in [5.41, 5.74) is -1.28. The molecule has 14 nitrogen and oxygen atoms in total. The Balaban J connectivity index is 1.30. The molecule has 70 heavy (non-hydrogen) atoms. The summed E-state index contributed by atoms with van der Waals surface area (Å²) in [6.07, 6.45) is -8.77. The second kappa shape index (κ2) is 22.8. The number of alkyl halides is 6. The summed E-state index contributed by atoms with van der Waals surface area (Å²) in [7, 11) is 0. The first-order valence-electron chi connectivity index (χ1n) is 20.4. The molecular weight excluding hydrogens is 1020 g/mol. The molecule has 24 heteroatoms. The number of aryl methyl sites for hydroxylation is 2. The number of halogens is 10. The molecule has 4 amide bonds. The van der Waals surface area contributed by atoms with Crippen LogP contribution >= 0.6 is 46.4 Å². The number of carbonyl (C=O) groups excluding carboxylic acids is 6. The third-order valence-corrected chi connectivity index (χ3v) is 11.2. The van der Waals surface area contributed by atoms with Gasteiger partial charge in [-0.05, 0) is 123 Å². The van der Waals surface area contributed by atoms with Crippen molar-refractivity contribution in [1.82, 2.24) is 0 Å². The Bertz CT molecular complexity index is 2770. The first-order valence-corrected chi connectivity index (χ1v) is 21.9. The highest BCUT2D eigenvalue weighted by Gasteiger charge is 2.33. The number of ketones is 2. The quantitative estimate of drug-likeness (QED) is 0.0430. The molecule has 5 aromatic carbocycles. The molecule has 0 bridgehead atoms. The fourth-order valence-electron chi connectivity index (χ4n) is 6.22. The van der Waals surface area contributed by atoms with Gasteiger partial charge in [0.25, 0.3) is 23.6 Å². The molecule has 0 saturated carbocycles. The maximum absolute atomic E-state index is 13.6. The number of benzene rings is 5. The van der Waals surface area contributed by atoms with Gasteiger partial charge in [0, 0.05) is 22.5 Å². The van der Waals surface area contributed by atoms with E-state index in [1.54, 1.807) is 26.0 Å². The van der Waals surface area contributed by atoms with Crippen LogP contribution in [0.2, 0.25) is 20.1 Å². The van der Waals surface area contributed by atoms with Crippen molar-refractivity contribution in [3.63, 3.8) is 0 Å². The van der Waals surface area contributed by atoms with Crippen molar-refractivity contribution in [2.45, 2.75) is 65.0 Å². The molecule has 4 N–H and O–H groups in total. The van der Waals surface area contributed by atoms with E-state index in [4.69, 9.17) is 46.4 Å². The van der Waals surface area contributed by atoms with Crippen molar-refractivity contribution >= 4 is 116 Å². The van der Waals surface area contributed by atoms with Crippen molar-refractivity contribution in [1.29, 1.82) is 0 Å². The van der Waals surface area contributed by atoms with E-state index in [-0.39, 0.29) is 78.2 Å². The molecule has 2 unspecified atom stereocenters. The predicted octanol–water partition coefficient (Wildman–Crippen LogP) is 13.3. The van der Waals surface area contributed by atoms with Gasteiger partial charge in [-0.15, -0.1) is 0 Å². The van der Waals surface area contributed by atoms with Gasteiger partial charge in [-0.25, -0.2) is 0 Å². The van der Waals surface area contributed by atoms with Gasteiger partial charge in [-0.1, -0.05) is 60.3 Å². The Morgan fingerprint density at radius 3 is 1.14 bits per heavy atom. The molecule has 0 heterocycles. The maximum atomic E-state index is 13.6. The first kappa shape index (κ1) is 54.2. The number of nitrogens with zero attached hydrogens (tertiary/aromatic N) is 4. The predicted molar refractivity (Wildman–Crippen MR) is 252 cm³/mol. The lowest BCUT2D eigenvalue weighted by atomic mass is 10.0. The van der Waals surface area contributed by atoms with Crippen molar-refractivity contribution in [3.05, 3.63) is 138 Å². The lowest BCUT2D eigenvalue weighted by Gasteiger charge is -2.18. The fraction of sp³-hybridized carbons (Fsp3) is 0.217. The van der Waals surface area contributed by atoms with E-state index in [9.17, 15) is 55.1 Å². The lowest BCUT2D eigenvalue weighted by Crippen LogP contribution is -2.33. The van der Waals surface area contributed by atoms with Gasteiger partial charge < -0.3 is 21.3 Å². The third-order valence-electron chi connectivity index (χ3n) is 9.94. The molecule has 0 aromatic heterocycles. The summed E-state index contributed by atoms with van der Waals surface area (Å²) in [5.74, 6) is -4.89. The zero-order chi connectivity index (χ0) is 51.8. The van der Waals surface area contributed by atoms with Crippen LogP contribution in [0.4, 0.5) is 60.5 Å². The molecule has 2 atom stereocenters. The Morgan fingerprint density at radius 1 is 0.486 bits per heavy atom. The minimum Gasteiger partial charge on any atom is -0.323 e. The van der Waals surface area contributed by atoms with Crippen molar-refractivity contribution < 1.29 is 55.1 Å². The Labute approximate surface area is 414 Å². The van der Waals surface area contributed by atoms with Gasteiger partial charge in [0.05, 0.1) is 42.6 Å². The van der Waals surface area contributed by atoms with Crippen LogP contribution in [-0.4, -0.2) is 47.3 Å². The summed E-state index contributed by atoms with van der Waals surface area (Å²) in [6.45, 7) is 5.66. The molecule has 0 aliphatic rings. The fourth-order valence-corrected chi connectivity index (χ4v) is 6.99. The molecule has 366 valence electrons. The van der Waals surface area contributed by atoms with Crippen molar-refractivity contribution in [2.24, 2.45) is 20.5 Å². The van der Waals surface area contributed by atoms with Crippen LogP contribution in [0, 0.1) is 0 Å². The van der Waals surface area contributed by atoms with Gasteiger partial charge in [-0.3, -0.25) is 28.8 Å². The van der Waals surface area contributed by atoms with E-state index in [1.807, 2.05) is 0 Å². The first-order chi connectivity index (χ1) is 32.8. The van der Waals surface area contributed by atoms with Crippen LogP contribution in [0.25, 0.3) is 0 Å². The number of anilines is 4. The van der Waals surface area contributed by atoms with Gasteiger partial charge in [0.15, 0.2) is 11.6 Å². The van der Waals surface area contributed by atoms with E-state index in [2.05, 4.69) is 41.7 Å². The smallest absolute Gasteiger partial charge is 0.323 e. The Kier molecular flexibility index (Phi) is 17.6. The molecule has 0 aliphatic heterocycles. The van der Waals surface area contributed by atoms with Crippen LogP contribution in [0.3, 0.4) is 0 Å². The second-order valence-corrected chi connectivity index (χ2v) is 16.6. The number of azo groups is 2. The van der Waals surface area contributed by atoms with E-state index in [1.165, 1.54) is 36.4 Å². The highest BCUT2D eigenvalue weighted by atomic mass is 35.5. The summed E-state index contributed by atoms with van der Waals surface area (Å²) in [6, 6.07) is 11.9. The number of Topliss-reactive ketones (excluding diaryl/α,β-unsaturated/α-hetero) is 2. The summed E-state index contributed by atoms with van der Waals surface area (Å²) in [5, 5.41) is 25.0. The molecule has 5 aromatic rings. The molecule has 0 saturated heterocycles. The lowest BCUT2D eigenvalue weighted by molar-refractivity contribution is -0.138. The van der Waals surface area contributed by atoms with Gasteiger partial charge >= 0.3 is 12.4 Å². The van der Waals surface area contributed by atoms with Crippen LogP contribution < -0.4 is 21.3 Å². The summed E-state index contributed by atoms with van der Waals surface area (Å²) in [4.78, 5) is 78.7. The van der Waals surface area contributed by atoms with Crippen LogP contribution in [0.5, 0.6) is 0 Å². The zero-order valence-electron chi connectivity index (χ0n) is 36.7. The SMILES string of the molecule is CCc1cc(NC(=O)C(N=Nc2cc(C(=O)Nc3ccc(C(F)(F)F)cc3Cl)ccc2Cl)C(C)=O)c(CC)cc1NC(=O)C(N=Nc1cc(C(=O)Nc2ccc(C(F)(F)F)cc2Cl)ccc1Cl)C(C)=O. The minimum absolute atomic E-state index is 0.0340. The van der Waals surface area contributed by atoms with Crippen molar-refractivity contribution in [2.75, 3.05) is 21.3 Å².